The van der Waals surface area contributed by atoms with E-state index in [1.165, 1.54) is 167 Å². The lowest BCUT2D eigenvalue weighted by atomic mass is 9.84. The fraction of sp³-hybridized carbons (Fsp3) is 1.00. The zero-order valence-corrected chi connectivity index (χ0v) is 25.1. The fourth-order valence-electron chi connectivity index (χ4n) is 5.13. The summed E-state index contributed by atoms with van der Waals surface area (Å²) in [6.07, 6.45) is 38.9. The molecule has 4 saturated carbocycles. The van der Waals surface area contributed by atoms with Crippen LogP contribution in [-0.2, 0) is 0 Å². The van der Waals surface area contributed by atoms with Crippen LogP contribution in [0.1, 0.15) is 202 Å². The second kappa shape index (κ2) is 27.6. The first-order valence-electron chi connectivity index (χ1n) is 16.7. The minimum Gasteiger partial charge on any atom is -0.0683 e. The minimum absolute atomic E-state index is 1.02. The molecule has 0 radical (unpaired) electrons. The Hall–Kier alpha value is 0. The molecule has 0 aliphatic heterocycles. The van der Waals surface area contributed by atoms with Gasteiger partial charge >= 0.3 is 0 Å². The Morgan fingerprint density at radius 2 is 0.324 bits per heavy atom. The molecule has 34 heavy (non-hydrogen) atoms. The predicted molar refractivity (Wildman–Crippen MR) is 159 cm³/mol. The van der Waals surface area contributed by atoms with E-state index >= 15 is 0 Å². The van der Waals surface area contributed by atoms with Crippen molar-refractivity contribution in [3.63, 3.8) is 0 Å². The summed E-state index contributed by atoms with van der Waals surface area (Å²) in [5.41, 5.74) is 0. The Kier molecular flexibility index (Phi) is 27.6. The van der Waals surface area contributed by atoms with Crippen molar-refractivity contribution in [3.8, 4) is 0 Å². The Bertz CT molecular complexity index is 251. The first-order valence-corrected chi connectivity index (χ1v) is 16.7. The zero-order valence-electron chi connectivity index (χ0n) is 25.1. The van der Waals surface area contributed by atoms with Gasteiger partial charge in [0.1, 0.15) is 0 Å². The van der Waals surface area contributed by atoms with Crippen LogP contribution in [-0.4, -0.2) is 0 Å². The van der Waals surface area contributed by atoms with Gasteiger partial charge in [0, 0.05) is 0 Å². The Morgan fingerprint density at radius 1 is 0.235 bits per heavy atom. The molecule has 0 atom stereocenters. The number of rotatable bonds is 0. The predicted octanol–water partition coefficient (Wildman–Crippen LogP) is 13.1. The third kappa shape index (κ3) is 28.2. The summed E-state index contributed by atoms with van der Waals surface area (Å²) in [4.78, 5) is 0. The van der Waals surface area contributed by atoms with Gasteiger partial charge in [-0.2, -0.15) is 0 Å². The van der Waals surface area contributed by atoms with Gasteiger partial charge in [-0.1, -0.05) is 202 Å². The molecule has 0 aromatic heterocycles. The van der Waals surface area contributed by atoms with Gasteiger partial charge in [0.25, 0.3) is 0 Å². The molecule has 4 aliphatic carbocycles. The van der Waals surface area contributed by atoms with Gasteiger partial charge in [-0.05, 0) is 17.8 Å². The molecule has 0 bridgehead atoms. The summed E-state index contributed by atoms with van der Waals surface area (Å²) in [5.74, 6) is 3.12. The first kappa shape index (κ1) is 34.0. The third-order valence-electron chi connectivity index (χ3n) is 8.17. The zero-order chi connectivity index (χ0) is 25.1. The number of hydrogen-bond donors (Lipinski definition) is 0. The summed E-state index contributed by atoms with van der Waals surface area (Å²) < 4.78 is 0. The maximum atomic E-state index is 2.37. The third-order valence-corrected chi connectivity index (χ3v) is 8.17. The molecule has 0 aromatic rings. The quantitative estimate of drug-likeness (QED) is 0.324. The molecule has 0 unspecified atom stereocenters. The summed E-state index contributed by atoms with van der Waals surface area (Å²) in [6.45, 7) is 11.0. The molecule has 206 valence electrons. The second-order valence-electron chi connectivity index (χ2n) is 12.1. The lowest BCUT2D eigenvalue weighted by Gasteiger charge is -2.22. The number of hydrogen-bond acceptors (Lipinski definition) is 0. The van der Waals surface area contributed by atoms with Crippen LogP contribution in [0.3, 0.4) is 0 Å². The average Bonchev–Trinajstić information content (AvgIpc) is 3.68. The normalized spacial score (nSPS) is 26.7. The van der Waals surface area contributed by atoms with Gasteiger partial charge in [-0.15, -0.1) is 0 Å². The van der Waals surface area contributed by atoms with Crippen molar-refractivity contribution < 1.29 is 0 Å². The SMILES string of the molecule is C1CCCCCCCCC1.C1CCCCCCCCC1.CC.CC1CC1.CC1CCC(C)CC1. The summed E-state index contributed by atoms with van der Waals surface area (Å²) >= 11 is 0. The molecule has 4 aliphatic rings. The van der Waals surface area contributed by atoms with E-state index in [1.54, 1.807) is 0 Å². The Morgan fingerprint density at radius 3 is 0.412 bits per heavy atom. The van der Waals surface area contributed by atoms with Gasteiger partial charge in [-0.25, -0.2) is 0 Å². The first-order chi connectivity index (χ1) is 16.7. The standard InChI is InChI=1S/2C10H20.C8H16.C4H8.C2H6/c2*1-2-4-6-8-10-9-7-5-3-1;1-7-3-5-8(2)6-4-7;1-4-2-3-4;1-2/h2*1-10H2;7-8H,3-6H2,1-2H3;4H,2-3H2,1H3;1-2H3. The van der Waals surface area contributed by atoms with Crippen LogP contribution in [0.4, 0.5) is 0 Å². The highest BCUT2D eigenvalue weighted by Gasteiger charge is 2.13. The van der Waals surface area contributed by atoms with Crippen molar-refractivity contribution in [2.75, 3.05) is 0 Å². The molecule has 0 nitrogen and oxygen atoms in total. The molecule has 0 N–H and O–H groups in total. The van der Waals surface area contributed by atoms with Crippen LogP contribution >= 0.6 is 0 Å². The highest BCUT2D eigenvalue weighted by molar-refractivity contribution is 4.66. The summed E-state index contributed by atoms with van der Waals surface area (Å²) in [6, 6.07) is 0. The van der Waals surface area contributed by atoms with E-state index in [4.69, 9.17) is 0 Å². The smallest absolute Gasteiger partial charge is 0.0443 e. The molecule has 0 saturated heterocycles. The van der Waals surface area contributed by atoms with Gasteiger partial charge in [0.2, 0.25) is 0 Å². The lowest BCUT2D eigenvalue weighted by Crippen LogP contribution is -2.08. The van der Waals surface area contributed by atoms with Crippen molar-refractivity contribution in [2.24, 2.45) is 17.8 Å². The van der Waals surface area contributed by atoms with Crippen molar-refractivity contribution in [1.82, 2.24) is 0 Å². The molecule has 0 aromatic carbocycles. The molecular formula is C34H70. The van der Waals surface area contributed by atoms with Gasteiger partial charge in [-0.3, -0.25) is 0 Å². The van der Waals surface area contributed by atoms with Crippen LogP contribution in [0.25, 0.3) is 0 Å². The van der Waals surface area contributed by atoms with Gasteiger partial charge in [0.05, 0.1) is 0 Å². The maximum absolute atomic E-state index is 2.37. The van der Waals surface area contributed by atoms with E-state index in [9.17, 15) is 0 Å². The van der Waals surface area contributed by atoms with Crippen LogP contribution in [0.2, 0.25) is 0 Å². The van der Waals surface area contributed by atoms with E-state index in [1.807, 2.05) is 13.8 Å². The van der Waals surface area contributed by atoms with E-state index < -0.39 is 0 Å². The van der Waals surface area contributed by atoms with Crippen molar-refractivity contribution in [1.29, 1.82) is 0 Å². The van der Waals surface area contributed by atoms with Crippen molar-refractivity contribution in [3.05, 3.63) is 0 Å². The molecule has 0 amide bonds. The van der Waals surface area contributed by atoms with Crippen LogP contribution in [0.5, 0.6) is 0 Å². The monoisotopic (exact) mass is 479 g/mol. The molecule has 0 heterocycles. The van der Waals surface area contributed by atoms with Gasteiger partial charge in [0.15, 0.2) is 0 Å². The van der Waals surface area contributed by atoms with Gasteiger partial charge < -0.3 is 0 Å². The second-order valence-corrected chi connectivity index (χ2v) is 12.1. The Balaban J connectivity index is 0.000000431. The van der Waals surface area contributed by atoms with E-state index in [2.05, 4.69) is 20.8 Å². The summed E-state index contributed by atoms with van der Waals surface area (Å²) in [5, 5.41) is 0. The highest BCUT2D eigenvalue weighted by atomic mass is 14.2. The average molecular weight is 479 g/mol. The Labute approximate surface area is 219 Å². The highest BCUT2D eigenvalue weighted by Crippen LogP contribution is 2.27. The summed E-state index contributed by atoms with van der Waals surface area (Å²) in [7, 11) is 0. The van der Waals surface area contributed by atoms with Crippen molar-refractivity contribution >= 4 is 0 Å². The van der Waals surface area contributed by atoms with Crippen LogP contribution in [0.15, 0.2) is 0 Å². The molecule has 0 heteroatoms. The van der Waals surface area contributed by atoms with Crippen LogP contribution in [0, 0.1) is 17.8 Å². The molecule has 4 rings (SSSR count). The largest absolute Gasteiger partial charge is 0.0683 e. The molecular weight excluding hydrogens is 408 g/mol. The molecule has 0 spiro atoms. The van der Waals surface area contributed by atoms with E-state index in [-0.39, 0.29) is 0 Å². The maximum Gasteiger partial charge on any atom is -0.0443 e. The lowest BCUT2D eigenvalue weighted by molar-refractivity contribution is 0.308. The molecule has 4 fully saturated rings. The fourth-order valence-corrected chi connectivity index (χ4v) is 5.13. The van der Waals surface area contributed by atoms with E-state index in [0.29, 0.717) is 0 Å². The minimum atomic E-state index is 1.02. The topological polar surface area (TPSA) is 0 Å². The van der Waals surface area contributed by atoms with Crippen LogP contribution < -0.4 is 0 Å². The van der Waals surface area contributed by atoms with E-state index in [0.717, 1.165) is 17.8 Å². The van der Waals surface area contributed by atoms with Crippen molar-refractivity contribution in [2.45, 2.75) is 202 Å².